The van der Waals surface area contributed by atoms with Crippen LogP contribution in [0.5, 0.6) is 0 Å². The van der Waals surface area contributed by atoms with Crippen LogP contribution >= 0.6 is 0 Å². The lowest BCUT2D eigenvalue weighted by molar-refractivity contribution is 0.179. The largest absolute Gasteiger partial charge is 0.393 e. The molecule has 0 saturated heterocycles. The average Bonchev–Trinajstić information content (AvgIpc) is 1.83. The Morgan fingerprint density at radius 1 is 1.78 bits per heavy atom. The zero-order valence-electron chi connectivity index (χ0n) is 4.78. The van der Waals surface area contributed by atoms with Gasteiger partial charge in [-0.15, -0.1) is 0 Å². The summed E-state index contributed by atoms with van der Waals surface area (Å²) in [5, 5.41) is 11.9. The minimum Gasteiger partial charge on any atom is -0.393 e. The Kier molecular flexibility index (Phi) is 8.98. The number of nitrogens with zero attached hydrogens (tertiary/aromatic N) is 3. The number of hydrogen-bond acceptors (Lipinski definition) is 2. The third-order valence-corrected chi connectivity index (χ3v) is 0.827. The number of aliphatic hydroxyl groups is 1. The molecule has 54 valence electrons. The molecule has 0 saturated carbocycles. The quantitative estimate of drug-likeness (QED) is 0.353. The van der Waals surface area contributed by atoms with Crippen molar-refractivity contribution in [3.63, 3.8) is 0 Å². The molecule has 1 N–H and O–H groups in total. The van der Waals surface area contributed by atoms with Gasteiger partial charge in [-0.25, -0.2) is 0 Å². The van der Waals surface area contributed by atoms with Crippen LogP contribution in [0.2, 0.25) is 0 Å². The number of aliphatic hydroxyl groups excluding tert-OH is 1. The fourth-order valence-corrected chi connectivity index (χ4v) is 0.260. The van der Waals surface area contributed by atoms with E-state index < -0.39 is 6.10 Å². The third-order valence-electron chi connectivity index (χ3n) is 0.827. The van der Waals surface area contributed by atoms with E-state index in [1.807, 2.05) is 6.92 Å². The zero-order valence-corrected chi connectivity index (χ0v) is 4.78. The fourth-order valence-electron chi connectivity index (χ4n) is 0.260. The highest BCUT2D eigenvalue weighted by Gasteiger charge is 1.94. The molecule has 0 spiro atoms. The van der Waals surface area contributed by atoms with Crippen molar-refractivity contribution in [2.75, 3.05) is 6.54 Å². The van der Waals surface area contributed by atoms with Crippen molar-refractivity contribution < 1.29 is 5.11 Å². The number of hydrogen-bond donors (Lipinski definition) is 1. The summed E-state index contributed by atoms with van der Waals surface area (Å²) >= 11 is 0. The van der Waals surface area contributed by atoms with Gasteiger partial charge >= 0.3 is 0 Å². The van der Waals surface area contributed by atoms with E-state index in [2.05, 4.69) is 10.0 Å². The summed E-state index contributed by atoms with van der Waals surface area (Å²) in [6, 6.07) is 0. The van der Waals surface area contributed by atoms with Gasteiger partial charge in [0.1, 0.15) is 0 Å². The van der Waals surface area contributed by atoms with Crippen molar-refractivity contribution in [3.8, 4) is 0 Å². The van der Waals surface area contributed by atoms with Gasteiger partial charge in [0.15, 0.2) is 0 Å². The lowest BCUT2D eigenvalue weighted by atomic mass is 10.3. The van der Waals surface area contributed by atoms with Crippen LogP contribution in [0.25, 0.3) is 10.4 Å². The second-order valence-corrected chi connectivity index (χ2v) is 1.48. The molecule has 4 heteroatoms. The summed E-state index contributed by atoms with van der Waals surface area (Å²) in [6.45, 7) is 2.02. The van der Waals surface area contributed by atoms with Gasteiger partial charge < -0.3 is 5.11 Å². The number of rotatable bonds is 3. The van der Waals surface area contributed by atoms with Gasteiger partial charge in [0.2, 0.25) is 0 Å². The molecule has 0 radical (unpaired) electrons. The summed E-state index contributed by atoms with van der Waals surface area (Å²) in [7, 11) is 0. The molecule has 0 aromatic rings. The van der Waals surface area contributed by atoms with Crippen molar-refractivity contribution in [3.05, 3.63) is 10.4 Å². The summed E-state index contributed by atoms with van der Waals surface area (Å²) in [6.07, 6.45) is 0.171. The highest BCUT2D eigenvalue weighted by molar-refractivity contribution is 4.55. The van der Waals surface area contributed by atoms with E-state index in [0.717, 1.165) is 0 Å². The molecule has 1 unspecified atom stereocenters. The maximum atomic E-state index is 8.72. The first kappa shape index (κ1) is 11.1. The minimum atomic E-state index is -0.467. The Morgan fingerprint density at radius 2 is 2.33 bits per heavy atom. The fraction of sp³-hybridized carbons (Fsp3) is 1.00. The summed E-state index contributed by atoms with van der Waals surface area (Å²) in [5.41, 5.74) is 7.76. The molecule has 0 aliphatic rings. The van der Waals surface area contributed by atoms with E-state index in [9.17, 15) is 0 Å². The van der Waals surface area contributed by atoms with Gasteiger partial charge in [0, 0.05) is 4.91 Å². The first-order valence-electron chi connectivity index (χ1n) is 2.50. The maximum Gasteiger partial charge on any atom is 0.0593 e. The van der Waals surface area contributed by atoms with Crippen molar-refractivity contribution in [1.82, 2.24) is 0 Å². The Balaban J connectivity index is 0. The Bertz CT molecular complexity index is 98.4. The Hall–Kier alpha value is -0.730. The van der Waals surface area contributed by atoms with Crippen LogP contribution in [-0.4, -0.2) is 17.8 Å². The summed E-state index contributed by atoms with van der Waals surface area (Å²) in [5.74, 6) is 0. The van der Waals surface area contributed by atoms with Gasteiger partial charge in [-0.2, -0.15) is 0 Å². The van der Waals surface area contributed by atoms with Crippen molar-refractivity contribution >= 4 is 0 Å². The highest BCUT2D eigenvalue weighted by Crippen LogP contribution is 1.88. The molecule has 0 aromatic heterocycles. The molecule has 0 bridgehead atoms. The minimum absolute atomic E-state index is 0. The molecule has 0 aliphatic heterocycles. The van der Waals surface area contributed by atoms with Gasteiger partial charge in [-0.3, -0.25) is 0 Å². The van der Waals surface area contributed by atoms with Gasteiger partial charge in [0.05, 0.1) is 12.6 Å². The molecule has 9 heavy (non-hydrogen) atoms. The second-order valence-electron chi connectivity index (χ2n) is 1.48. The monoisotopic (exact) mass is 131 g/mol. The molecule has 0 rings (SSSR count). The van der Waals surface area contributed by atoms with Crippen LogP contribution in [0, 0.1) is 0 Å². The van der Waals surface area contributed by atoms with E-state index in [-0.39, 0.29) is 14.0 Å². The van der Waals surface area contributed by atoms with Gasteiger partial charge in [-0.05, 0) is 12.0 Å². The predicted octanol–water partition coefficient (Wildman–Crippen LogP) is 1.70. The van der Waals surface area contributed by atoms with Gasteiger partial charge in [0.25, 0.3) is 0 Å². The summed E-state index contributed by atoms with van der Waals surface area (Å²) in [4.78, 5) is 2.49. The predicted molar refractivity (Wildman–Crippen MR) is 37.0 cm³/mol. The molecule has 1 atom stereocenters. The van der Waals surface area contributed by atoms with Crippen LogP contribution in [0.4, 0.5) is 0 Å². The normalized spacial score (nSPS) is 10.9. The van der Waals surface area contributed by atoms with Crippen molar-refractivity contribution in [2.45, 2.75) is 26.9 Å². The lowest BCUT2D eigenvalue weighted by Gasteiger charge is -1.98. The molecule has 0 fully saturated rings. The van der Waals surface area contributed by atoms with E-state index in [0.29, 0.717) is 6.42 Å². The van der Waals surface area contributed by atoms with Gasteiger partial charge in [-0.1, -0.05) is 19.5 Å². The van der Waals surface area contributed by atoms with E-state index in [1.165, 1.54) is 0 Å². The van der Waals surface area contributed by atoms with Crippen LogP contribution in [0.1, 0.15) is 20.8 Å². The SMILES string of the molecule is C.CCC(O)CN=[N+]=[N-]. The highest BCUT2D eigenvalue weighted by atomic mass is 16.3. The second kappa shape index (κ2) is 7.27. The van der Waals surface area contributed by atoms with Crippen molar-refractivity contribution in [1.29, 1.82) is 0 Å². The molecule has 0 amide bonds. The van der Waals surface area contributed by atoms with Crippen LogP contribution < -0.4 is 0 Å². The number of azide groups is 1. The molecule has 0 heterocycles. The first-order chi connectivity index (χ1) is 3.81. The summed E-state index contributed by atoms with van der Waals surface area (Å²) < 4.78 is 0. The maximum absolute atomic E-state index is 8.72. The van der Waals surface area contributed by atoms with E-state index >= 15 is 0 Å². The molecule has 0 aromatic carbocycles. The standard InChI is InChI=1S/C4H9N3O.CH4/c1-2-4(8)3-6-7-5;/h4,8H,2-3H2,1H3;1H4. The molecule has 4 nitrogen and oxygen atoms in total. The first-order valence-corrected chi connectivity index (χ1v) is 2.50. The Morgan fingerprint density at radius 3 is 2.67 bits per heavy atom. The smallest absolute Gasteiger partial charge is 0.0593 e. The molecular formula is C5H13N3O. The molecular weight excluding hydrogens is 118 g/mol. The zero-order chi connectivity index (χ0) is 6.41. The Labute approximate surface area is 55.1 Å². The topological polar surface area (TPSA) is 69.0 Å². The lowest BCUT2D eigenvalue weighted by Crippen LogP contribution is -2.07. The third kappa shape index (κ3) is 7.27. The average molecular weight is 131 g/mol. The van der Waals surface area contributed by atoms with Crippen LogP contribution in [0.15, 0.2) is 5.11 Å². The van der Waals surface area contributed by atoms with Crippen LogP contribution in [0.3, 0.4) is 0 Å². The van der Waals surface area contributed by atoms with Crippen LogP contribution in [-0.2, 0) is 0 Å². The van der Waals surface area contributed by atoms with E-state index in [1.54, 1.807) is 0 Å². The van der Waals surface area contributed by atoms with E-state index in [4.69, 9.17) is 10.6 Å². The molecule has 0 aliphatic carbocycles. The van der Waals surface area contributed by atoms with Crippen molar-refractivity contribution in [2.24, 2.45) is 5.11 Å².